The Morgan fingerprint density at radius 3 is 2.47 bits per heavy atom. The number of carbonyl (C=O) groups excluding carboxylic acids is 2. The highest BCUT2D eigenvalue weighted by atomic mass is 35.5. The molecule has 8 heteroatoms. The predicted octanol–water partition coefficient (Wildman–Crippen LogP) is 6.09. The number of nitriles is 1. The maximum absolute atomic E-state index is 13.6. The molecule has 1 aliphatic rings. The topological polar surface area (TPSA) is 73.2 Å². The second-order valence-electron chi connectivity index (χ2n) is 8.34. The monoisotopic (exact) mass is 535 g/mol. The molecule has 2 amide bonds. The SMILES string of the molecule is Cc1ccc(N2C(=O)[C@H](Cc3ccc(Cl)cc3Cl)S/C2=C(/C#N)C(=O)NCCc2ccccc2)cc1. The predicted molar refractivity (Wildman–Crippen MR) is 146 cm³/mol. The third-order valence-corrected chi connectivity index (χ3v) is 7.61. The average molecular weight is 536 g/mol. The molecule has 0 spiro atoms. The fraction of sp³-hybridized carbons (Fsp3) is 0.179. The molecule has 4 rings (SSSR count). The number of anilines is 1. The highest BCUT2D eigenvalue weighted by molar-refractivity contribution is 8.05. The Labute approximate surface area is 224 Å². The number of nitrogens with one attached hydrogen (secondary N) is 1. The van der Waals surface area contributed by atoms with Gasteiger partial charge in [-0.2, -0.15) is 5.26 Å². The number of benzene rings is 3. The molecule has 1 fully saturated rings. The van der Waals surface area contributed by atoms with Crippen LogP contribution in [0.25, 0.3) is 0 Å². The van der Waals surface area contributed by atoms with E-state index in [1.807, 2.05) is 67.6 Å². The zero-order valence-electron chi connectivity index (χ0n) is 19.5. The van der Waals surface area contributed by atoms with Gasteiger partial charge in [-0.15, -0.1) is 0 Å². The van der Waals surface area contributed by atoms with Crippen molar-refractivity contribution in [3.8, 4) is 6.07 Å². The van der Waals surface area contributed by atoms with E-state index in [-0.39, 0.29) is 11.5 Å². The van der Waals surface area contributed by atoms with E-state index < -0.39 is 11.2 Å². The normalized spacial score (nSPS) is 16.6. The molecule has 36 heavy (non-hydrogen) atoms. The number of rotatable bonds is 7. The number of hydrogen-bond acceptors (Lipinski definition) is 4. The van der Waals surface area contributed by atoms with Crippen LogP contribution in [-0.4, -0.2) is 23.6 Å². The first-order chi connectivity index (χ1) is 17.4. The smallest absolute Gasteiger partial charge is 0.264 e. The summed E-state index contributed by atoms with van der Waals surface area (Å²) in [5.74, 6) is -0.722. The van der Waals surface area contributed by atoms with Gasteiger partial charge in [0.15, 0.2) is 0 Å². The lowest BCUT2D eigenvalue weighted by atomic mass is 10.1. The molecule has 0 bridgehead atoms. The van der Waals surface area contributed by atoms with Crippen LogP contribution < -0.4 is 10.2 Å². The summed E-state index contributed by atoms with van der Waals surface area (Å²) in [5, 5.41) is 13.5. The van der Waals surface area contributed by atoms with Crippen molar-refractivity contribution in [3.05, 3.63) is 110 Å². The van der Waals surface area contributed by atoms with Crippen LogP contribution in [0.4, 0.5) is 5.69 Å². The largest absolute Gasteiger partial charge is 0.351 e. The Morgan fingerprint density at radius 2 is 1.81 bits per heavy atom. The van der Waals surface area contributed by atoms with Gasteiger partial charge in [0.2, 0.25) is 5.91 Å². The van der Waals surface area contributed by atoms with Gasteiger partial charge in [0.05, 0.1) is 5.25 Å². The van der Waals surface area contributed by atoms with E-state index in [1.165, 1.54) is 16.7 Å². The van der Waals surface area contributed by atoms with Crippen LogP contribution in [0.15, 0.2) is 83.4 Å². The first-order valence-corrected chi connectivity index (χ1v) is 13.0. The molecule has 1 saturated heterocycles. The van der Waals surface area contributed by atoms with Gasteiger partial charge in [0.25, 0.3) is 5.91 Å². The third kappa shape index (κ3) is 5.93. The third-order valence-electron chi connectivity index (χ3n) is 5.76. The fourth-order valence-electron chi connectivity index (χ4n) is 3.86. The molecule has 0 aliphatic carbocycles. The molecule has 3 aromatic carbocycles. The summed E-state index contributed by atoms with van der Waals surface area (Å²) in [4.78, 5) is 28.1. The minimum atomic E-state index is -0.555. The number of thioether (sulfide) groups is 1. The maximum atomic E-state index is 13.6. The highest BCUT2D eigenvalue weighted by Crippen LogP contribution is 2.42. The van der Waals surface area contributed by atoms with Crippen LogP contribution in [0.1, 0.15) is 16.7 Å². The lowest BCUT2D eigenvalue weighted by Gasteiger charge is -2.19. The van der Waals surface area contributed by atoms with Gasteiger partial charge in [-0.25, -0.2) is 0 Å². The lowest BCUT2D eigenvalue weighted by molar-refractivity contribution is -0.117. The van der Waals surface area contributed by atoms with Gasteiger partial charge in [-0.3, -0.25) is 14.5 Å². The number of amides is 2. The quantitative estimate of drug-likeness (QED) is 0.293. The summed E-state index contributed by atoms with van der Waals surface area (Å²) in [6, 6.07) is 24.4. The zero-order valence-corrected chi connectivity index (χ0v) is 21.8. The van der Waals surface area contributed by atoms with E-state index in [2.05, 4.69) is 5.32 Å². The average Bonchev–Trinajstić information content (AvgIpc) is 3.18. The number of carbonyl (C=O) groups is 2. The molecule has 0 unspecified atom stereocenters. The lowest BCUT2D eigenvalue weighted by Crippen LogP contribution is -2.32. The van der Waals surface area contributed by atoms with Crippen LogP contribution in [-0.2, 0) is 22.4 Å². The summed E-state index contributed by atoms with van der Waals surface area (Å²) < 4.78 is 0. The van der Waals surface area contributed by atoms with E-state index in [1.54, 1.807) is 18.2 Å². The Kier molecular flexibility index (Phi) is 8.37. The van der Waals surface area contributed by atoms with Gasteiger partial charge < -0.3 is 5.32 Å². The Bertz CT molecular complexity index is 1350. The Balaban J connectivity index is 1.63. The summed E-state index contributed by atoms with van der Waals surface area (Å²) in [5.41, 5.74) is 3.39. The minimum Gasteiger partial charge on any atom is -0.351 e. The molecule has 1 N–H and O–H groups in total. The summed E-state index contributed by atoms with van der Waals surface area (Å²) >= 11 is 13.6. The second kappa shape index (κ2) is 11.7. The van der Waals surface area contributed by atoms with Crippen LogP contribution in [0.3, 0.4) is 0 Å². The van der Waals surface area contributed by atoms with Gasteiger partial charge in [0.1, 0.15) is 16.7 Å². The van der Waals surface area contributed by atoms with E-state index in [0.717, 1.165) is 16.7 Å². The summed E-state index contributed by atoms with van der Waals surface area (Å²) in [6.45, 7) is 2.32. The molecule has 0 radical (unpaired) electrons. The first kappa shape index (κ1) is 25.8. The molecule has 1 aliphatic heterocycles. The number of hydrogen-bond donors (Lipinski definition) is 1. The van der Waals surface area contributed by atoms with Gasteiger partial charge in [0, 0.05) is 22.3 Å². The maximum Gasteiger partial charge on any atom is 0.264 e. The van der Waals surface area contributed by atoms with Crippen molar-refractivity contribution in [2.75, 3.05) is 11.4 Å². The van der Waals surface area contributed by atoms with Crippen LogP contribution >= 0.6 is 35.0 Å². The van der Waals surface area contributed by atoms with Gasteiger partial charge in [-0.05, 0) is 55.2 Å². The number of halogens is 2. The standard InChI is InChI=1S/C28H23Cl2N3O2S/c1-18-7-11-22(12-8-18)33-27(35)25(15-20-9-10-21(29)16-24(20)30)36-28(33)23(17-31)26(34)32-14-13-19-5-3-2-4-6-19/h2-12,16,25H,13-15H2,1H3,(H,32,34)/b28-23-/t25-/m0/s1. The Hall–Kier alpha value is -3.24. The molecule has 1 heterocycles. The molecule has 0 saturated carbocycles. The van der Waals surface area contributed by atoms with Crippen LogP contribution in [0.2, 0.25) is 10.0 Å². The highest BCUT2D eigenvalue weighted by Gasteiger charge is 2.41. The molecule has 3 aromatic rings. The number of nitrogens with zero attached hydrogens (tertiary/aromatic N) is 2. The Morgan fingerprint density at radius 1 is 1.08 bits per heavy atom. The molecule has 182 valence electrons. The first-order valence-electron chi connectivity index (χ1n) is 11.3. The fourth-order valence-corrected chi connectivity index (χ4v) is 5.64. The zero-order chi connectivity index (χ0) is 25.7. The van der Waals surface area contributed by atoms with E-state index in [0.29, 0.717) is 40.1 Å². The molecular weight excluding hydrogens is 513 g/mol. The van der Waals surface area contributed by atoms with Crippen LogP contribution in [0.5, 0.6) is 0 Å². The molecule has 1 atom stereocenters. The van der Waals surface area contributed by atoms with Crippen molar-refractivity contribution in [1.82, 2.24) is 5.32 Å². The van der Waals surface area contributed by atoms with E-state index >= 15 is 0 Å². The van der Waals surface area contributed by atoms with Gasteiger partial charge in [-0.1, -0.05) is 89.1 Å². The van der Waals surface area contributed by atoms with Crippen molar-refractivity contribution in [2.45, 2.75) is 25.0 Å². The van der Waals surface area contributed by atoms with Crippen molar-refractivity contribution in [3.63, 3.8) is 0 Å². The van der Waals surface area contributed by atoms with E-state index in [9.17, 15) is 14.9 Å². The molecular formula is C28H23Cl2N3O2S. The van der Waals surface area contributed by atoms with Crippen molar-refractivity contribution >= 4 is 52.5 Å². The van der Waals surface area contributed by atoms with Crippen molar-refractivity contribution < 1.29 is 9.59 Å². The van der Waals surface area contributed by atoms with Crippen molar-refractivity contribution in [1.29, 1.82) is 5.26 Å². The summed E-state index contributed by atoms with van der Waals surface area (Å²) in [7, 11) is 0. The second-order valence-corrected chi connectivity index (χ2v) is 10.4. The van der Waals surface area contributed by atoms with Gasteiger partial charge >= 0.3 is 0 Å². The molecule has 0 aromatic heterocycles. The minimum absolute atomic E-state index is 0.0910. The van der Waals surface area contributed by atoms with Crippen molar-refractivity contribution in [2.24, 2.45) is 0 Å². The molecule has 5 nitrogen and oxygen atoms in total. The number of aryl methyl sites for hydroxylation is 1. The van der Waals surface area contributed by atoms with E-state index in [4.69, 9.17) is 23.2 Å². The van der Waals surface area contributed by atoms with Crippen LogP contribution in [0, 0.1) is 18.3 Å². The summed E-state index contributed by atoms with van der Waals surface area (Å²) in [6.07, 6.45) is 0.964.